The van der Waals surface area contributed by atoms with E-state index in [9.17, 15) is 4.79 Å². The van der Waals surface area contributed by atoms with Crippen molar-refractivity contribution in [3.8, 4) is 22.6 Å². The minimum absolute atomic E-state index is 0.325. The van der Waals surface area contributed by atoms with Gasteiger partial charge >= 0.3 is 5.97 Å². The first-order valence-corrected chi connectivity index (χ1v) is 9.93. The van der Waals surface area contributed by atoms with Crippen LogP contribution >= 0.6 is 0 Å². The fourth-order valence-corrected chi connectivity index (χ4v) is 3.60. The molecule has 0 radical (unpaired) electrons. The molecule has 3 aromatic heterocycles. The Morgan fingerprint density at radius 3 is 2.87 bits per heavy atom. The van der Waals surface area contributed by atoms with Crippen LogP contribution < -0.4 is 5.32 Å². The maximum absolute atomic E-state index is 12.7. The lowest BCUT2D eigenvalue weighted by Crippen LogP contribution is -2.44. The van der Waals surface area contributed by atoms with Gasteiger partial charge in [0.25, 0.3) is 0 Å². The summed E-state index contributed by atoms with van der Waals surface area (Å²) in [6.07, 6.45) is 3.30. The van der Waals surface area contributed by atoms with Crippen molar-refractivity contribution in [2.45, 2.75) is 6.92 Å². The number of hydrogen-bond acceptors (Lipinski definition) is 6. The number of imidazole rings is 1. The average Bonchev–Trinajstić information content (AvgIpc) is 3.21. The number of carbonyl (C=O) groups is 1. The number of pyridine rings is 2. The summed E-state index contributed by atoms with van der Waals surface area (Å²) in [5, 5.41) is 3.93. The standard InChI is InChI=1S/C23H21N5O2/c1-14-3-2-4-20(28-14)22-21(26-13-27-22)16-5-6-19-18(9-16)17(7-8-25-19)23(29)30-12-15-10-24-11-15/h2-9,13,15,24H,10-12H2,1H3,(H,26,27). The Balaban J connectivity index is 1.52. The zero-order valence-corrected chi connectivity index (χ0v) is 16.6. The Morgan fingerprint density at radius 1 is 1.17 bits per heavy atom. The van der Waals surface area contributed by atoms with Crippen LogP contribution in [0.3, 0.4) is 0 Å². The summed E-state index contributed by atoms with van der Waals surface area (Å²) >= 11 is 0. The summed E-state index contributed by atoms with van der Waals surface area (Å²) in [5.74, 6) is 0.0695. The smallest absolute Gasteiger partial charge is 0.338 e. The number of nitrogens with zero attached hydrogens (tertiary/aromatic N) is 3. The third kappa shape index (κ3) is 3.44. The van der Waals surface area contributed by atoms with Crippen LogP contribution in [-0.2, 0) is 4.74 Å². The van der Waals surface area contributed by atoms with Crippen molar-refractivity contribution >= 4 is 16.9 Å². The lowest BCUT2D eigenvalue weighted by Gasteiger charge is -2.26. The molecule has 0 amide bonds. The van der Waals surface area contributed by atoms with Gasteiger partial charge in [-0.05, 0) is 37.3 Å². The highest BCUT2D eigenvalue weighted by molar-refractivity contribution is 6.04. The zero-order valence-electron chi connectivity index (χ0n) is 16.6. The Hall–Kier alpha value is -3.58. The van der Waals surface area contributed by atoms with Crippen LogP contribution in [0.1, 0.15) is 16.1 Å². The summed E-state index contributed by atoms with van der Waals surface area (Å²) in [6.45, 7) is 4.17. The molecule has 0 bridgehead atoms. The molecule has 0 saturated carbocycles. The molecule has 7 heteroatoms. The van der Waals surface area contributed by atoms with Crippen LogP contribution in [-0.4, -0.2) is 45.6 Å². The van der Waals surface area contributed by atoms with Crippen LogP contribution in [0, 0.1) is 12.8 Å². The van der Waals surface area contributed by atoms with E-state index >= 15 is 0 Å². The number of aromatic amines is 1. The van der Waals surface area contributed by atoms with E-state index in [4.69, 9.17) is 4.74 Å². The van der Waals surface area contributed by atoms with E-state index < -0.39 is 0 Å². The van der Waals surface area contributed by atoms with Gasteiger partial charge in [0.05, 0.1) is 41.1 Å². The van der Waals surface area contributed by atoms with Crippen molar-refractivity contribution in [3.63, 3.8) is 0 Å². The Bertz CT molecular complexity index is 1230. The molecule has 5 rings (SSSR count). The van der Waals surface area contributed by atoms with Crippen molar-refractivity contribution in [2.24, 2.45) is 5.92 Å². The lowest BCUT2D eigenvalue weighted by molar-refractivity contribution is 0.0400. The maximum atomic E-state index is 12.7. The number of fused-ring (bicyclic) bond motifs is 1. The lowest BCUT2D eigenvalue weighted by atomic mass is 10.0. The average molecular weight is 399 g/mol. The van der Waals surface area contributed by atoms with Gasteiger partial charge in [-0.15, -0.1) is 0 Å². The largest absolute Gasteiger partial charge is 0.462 e. The number of rotatable bonds is 5. The highest BCUT2D eigenvalue weighted by atomic mass is 16.5. The van der Waals surface area contributed by atoms with Gasteiger partial charge in [0.2, 0.25) is 0 Å². The van der Waals surface area contributed by atoms with E-state index in [-0.39, 0.29) is 5.97 Å². The van der Waals surface area contributed by atoms with Gasteiger partial charge in [-0.2, -0.15) is 0 Å². The molecule has 7 nitrogen and oxygen atoms in total. The van der Waals surface area contributed by atoms with E-state index in [1.54, 1.807) is 18.6 Å². The maximum Gasteiger partial charge on any atom is 0.338 e. The topological polar surface area (TPSA) is 92.8 Å². The van der Waals surface area contributed by atoms with Crippen LogP contribution in [0.2, 0.25) is 0 Å². The second kappa shape index (κ2) is 7.68. The summed E-state index contributed by atoms with van der Waals surface area (Å²) in [7, 11) is 0. The highest BCUT2D eigenvalue weighted by Crippen LogP contribution is 2.31. The van der Waals surface area contributed by atoms with E-state index in [1.165, 1.54) is 0 Å². The number of esters is 1. The predicted octanol–water partition coefficient (Wildman–Crippen LogP) is 3.37. The molecular weight excluding hydrogens is 378 g/mol. The second-order valence-electron chi connectivity index (χ2n) is 7.50. The molecule has 4 aromatic rings. The second-order valence-corrected chi connectivity index (χ2v) is 7.50. The Morgan fingerprint density at radius 2 is 2.07 bits per heavy atom. The first-order valence-electron chi connectivity index (χ1n) is 9.93. The molecule has 1 fully saturated rings. The van der Waals surface area contributed by atoms with Crippen molar-refractivity contribution in [3.05, 3.63) is 66.2 Å². The third-order valence-corrected chi connectivity index (χ3v) is 5.33. The van der Waals surface area contributed by atoms with E-state index in [1.807, 2.05) is 43.3 Å². The molecular formula is C23H21N5O2. The number of carbonyl (C=O) groups excluding carboxylic acids is 1. The van der Waals surface area contributed by atoms with Gasteiger partial charge in [-0.25, -0.2) is 9.78 Å². The van der Waals surface area contributed by atoms with Gasteiger partial charge in [0.1, 0.15) is 0 Å². The van der Waals surface area contributed by atoms with Crippen LogP contribution in [0.15, 0.2) is 55.0 Å². The molecule has 1 aliphatic rings. The molecule has 0 spiro atoms. The van der Waals surface area contributed by atoms with Crippen LogP contribution in [0.5, 0.6) is 0 Å². The molecule has 0 unspecified atom stereocenters. The fourth-order valence-electron chi connectivity index (χ4n) is 3.60. The first kappa shape index (κ1) is 18.4. The van der Waals surface area contributed by atoms with E-state index in [0.717, 1.165) is 52.3 Å². The normalized spacial score (nSPS) is 13.9. The fraction of sp³-hybridized carbons (Fsp3) is 0.217. The number of aryl methyl sites for hydroxylation is 1. The molecule has 1 aromatic carbocycles. The number of hydrogen-bond donors (Lipinski definition) is 2. The van der Waals surface area contributed by atoms with Crippen molar-refractivity contribution in [1.82, 2.24) is 25.3 Å². The van der Waals surface area contributed by atoms with Crippen LogP contribution in [0.25, 0.3) is 33.5 Å². The summed E-state index contributed by atoms with van der Waals surface area (Å²) in [6, 6.07) is 13.4. The number of nitrogens with one attached hydrogen (secondary N) is 2. The SMILES string of the molecule is Cc1cccc(-c2[nH]cnc2-c2ccc3nccc(C(=O)OCC4CNC4)c3c2)n1. The van der Waals surface area contributed by atoms with Crippen molar-refractivity contribution in [1.29, 1.82) is 0 Å². The van der Waals surface area contributed by atoms with Gasteiger partial charge in [-0.1, -0.05) is 12.1 Å². The molecule has 4 heterocycles. The molecule has 0 aliphatic carbocycles. The number of benzene rings is 1. The van der Waals surface area contributed by atoms with Gasteiger partial charge in [-0.3, -0.25) is 9.97 Å². The van der Waals surface area contributed by atoms with Gasteiger partial charge in [0, 0.05) is 41.8 Å². The number of aromatic nitrogens is 4. The van der Waals surface area contributed by atoms with Crippen LogP contribution in [0.4, 0.5) is 0 Å². The third-order valence-electron chi connectivity index (χ3n) is 5.33. The minimum atomic E-state index is -0.325. The zero-order chi connectivity index (χ0) is 20.5. The first-order chi connectivity index (χ1) is 14.7. The summed E-state index contributed by atoms with van der Waals surface area (Å²) < 4.78 is 5.54. The summed E-state index contributed by atoms with van der Waals surface area (Å²) in [5.41, 5.74) is 5.50. The Kier molecular flexibility index (Phi) is 4.72. The Labute approximate surface area is 173 Å². The quantitative estimate of drug-likeness (QED) is 0.500. The molecule has 150 valence electrons. The molecule has 2 N–H and O–H groups in total. The number of ether oxygens (including phenoxy) is 1. The molecule has 1 aliphatic heterocycles. The monoisotopic (exact) mass is 399 g/mol. The molecule has 0 atom stereocenters. The van der Waals surface area contributed by atoms with Gasteiger partial charge in [0.15, 0.2) is 0 Å². The van der Waals surface area contributed by atoms with Crippen molar-refractivity contribution < 1.29 is 9.53 Å². The summed E-state index contributed by atoms with van der Waals surface area (Å²) in [4.78, 5) is 29.4. The number of H-pyrrole nitrogens is 1. The van der Waals surface area contributed by atoms with Crippen molar-refractivity contribution in [2.75, 3.05) is 19.7 Å². The molecule has 30 heavy (non-hydrogen) atoms. The highest BCUT2D eigenvalue weighted by Gasteiger charge is 2.21. The van der Waals surface area contributed by atoms with Gasteiger partial charge < -0.3 is 15.0 Å². The van der Waals surface area contributed by atoms with E-state index in [2.05, 4.69) is 25.3 Å². The van der Waals surface area contributed by atoms with E-state index in [0.29, 0.717) is 18.1 Å². The minimum Gasteiger partial charge on any atom is -0.462 e. The molecule has 1 saturated heterocycles. The predicted molar refractivity (Wildman–Crippen MR) is 114 cm³/mol.